The Hall–Kier alpha value is -1.20. The number of Topliss-reactive ketones (excluding diaryl/α,β-unsaturated/α-hetero) is 1. The van der Waals surface area contributed by atoms with Crippen molar-refractivity contribution in [2.45, 2.75) is 3.74 Å². The average molecular weight is 386 g/mol. The Morgan fingerprint density at radius 1 is 1.05 bits per heavy atom. The highest BCUT2D eigenvalue weighted by molar-refractivity contribution is 9.25. The number of esters is 1. The third-order valence-electron chi connectivity index (χ3n) is 2.78. The molecule has 98 valence electrons. The number of carbonyl (C=O) groups is 2. The fourth-order valence-corrected chi connectivity index (χ4v) is 2.41. The Bertz CT molecular complexity index is 608. The van der Waals surface area contributed by atoms with E-state index in [9.17, 15) is 9.59 Å². The maximum Gasteiger partial charge on any atom is 0.338 e. The lowest BCUT2D eigenvalue weighted by atomic mass is 10.1. The predicted molar refractivity (Wildman–Crippen MR) is 80.4 cm³/mol. The minimum absolute atomic E-state index is 0.133. The van der Waals surface area contributed by atoms with Crippen LogP contribution in [0.3, 0.4) is 0 Å². The van der Waals surface area contributed by atoms with Crippen LogP contribution in [0.15, 0.2) is 36.4 Å². The predicted octanol–water partition coefficient (Wildman–Crippen LogP) is 3.88. The first-order chi connectivity index (χ1) is 9.06. The molecule has 2 aliphatic carbocycles. The molecule has 0 N–H and O–H groups in total. The number of alkyl halides is 2. The summed E-state index contributed by atoms with van der Waals surface area (Å²) in [6.45, 7) is 0. The molecule has 0 saturated heterocycles. The van der Waals surface area contributed by atoms with E-state index in [-0.39, 0.29) is 5.78 Å². The smallest absolute Gasteiger partial charge is 0.338 e. The van der Waals surface area contributed by atoms with Crippen LogP contribution in [0.4, 0.5) is 0 Å². The van der Waals surface area contributed by atoms with Crippen LogP contribution in [0, 0.1) is 0 Å². The van der Waals surface area contributed by atoms with Gasteiger partial charge in [0.2, 0.25) is 0 Å². The number of ether oxygens (including phenoxy) is 1. The summed E-state index contributed by atoms with van der Waals surface area (Å²) in [4.78, 5) is 23.9. The molecule has 0 aromatic heterocycles. The number of methoxy groups -OCH3 is 1. The standard InChI is InChI=1S/C14H10Br2O3/c1-19-14(18)11-7-10(12(17)13(15)16)8-5-3-2-4-6-9(8)11/h2-7,13H,1H3. The number of hydrogen-bond donors (Lipinski definition) is 0. The highest BCUT2D eigenvalue weighted by Gasteiger charge is 2.26. The summed E-state index contributed by atoms with van der Waals surface area (Å²) in [5.74, 6) is -0.581. The largest absolute Gasteiger partial charge is 0.465 e. The van der Waals surface area contributed by atoms with Crippen molar-refractivity contribution < 1.29 is 14.3 Å². The van der Waals surface area contributed by atoms with Crippen molar-refractivity contribution in [2.75, 3.05) is 7.11 Å². The number of fused-ring (bicyclic) bond motifs is 1. The third-order valence-corrected chi connectivity index (χ3v) is 3.61. The first kappa shape index (κ1) is 14.2. The molecule has 0 atom stereocenters. The van der Waals surface area contributed by atoms with Crippen LogP contribution in [0.1, 0.15) is 20.7 Å². The summed E-state index contributed by atoms with van der Waals surface area (Å²) in [7, 11) is 1.32. The summed E-state index contributed by atoms with van der Waals surface area (Å²) in [5, 5.41) is 0. The van der Waals surface area contributed by atoms with Gasteiger partial charge in [-0.25, -0.2) is 4.79 Å². The van der Waals surface area contributed by atoms with E-state index in [1.54, 1.807) is 12.1 Å². The normalized spacial score (nSPS) is 10.7. The molecule has 0 saturated carbocycles. The van der Waals surface area contributed by atoms with Crippen molar-refractivity contribution in [2.24, 2.45) is 0 Å². The second-order valence-electron chi connectivity index (χ2n) is 3.87. The topological polar surface area (TPSA) is 43.4 Å². The van der Waals surface area contributed by atoms with E-state index >= 15 is 0 Å². The fourth-order valence-electron chi connectivity index (χ4n) is 1.92. The summed E-state index contributed by atoms with van der Waals surface area (Å²) in [6.07, 6.45) is 0. The Labute approximate surface area is 127 Å². The maximum absolute atomic E-state index is 12.1. The molecule has 2 rings (SSSR count). The zero-order valence-electron chi connectivity index (χ0n) is 10.0. The van der Waals surface area contributed by atoms with E-state index in [1.807, 2.05) is 24.3 Å². The zero-order chi connectivity index (χ0) is 14.0. The fraction of sp³-hybridized carbons (Fsp3) is 0.143. The lowest BCUT2D eigenvalue weighted by Crippen LogP contribution is -2.06. The molecule has 19 heavy (non-hydrogen) atoms. The van der Waals surface area contributed by atoms with Gasteiger partial charge in [0.1, 0.15) is 3.74 Å². The van der Waals surface area contributed by atoms with Gasteiger partial charge < -0.3 is 4.74 Å². The Morgan fingerprint density at radius 2 is 1.63 bits per heavy atom. The van der Waals surface area contributed by atoms with Crippen LogP contribution in [-0.4, -0.2) is 22.6 Å². The van der Waals surface area contributed by atoms with Crippen molar-refractivity contribution in [1.82, 2.24) is 0 Å². The summed E-state index contributed by atoms with van der Waals surface area (Å²) in [6, 6.07) is 10.7. The van der Waals surface area contributed by atoms with Gasteiger partial charge in [-0.05, 0) is 17.2 Å². The van der Waals surface area contributed by atoms with Crippen LogP contribution >= 0.6 is 31.9 Å². The molecule has 3 nitrogen and oxygen atoms in total. The van der Waals surface area contributed by atoms with E-state index in [0.717, 1.165) is 5.56 Å². The minimum Gasteiger partial charge on any atom is -0.465 e. The van der Waals surface area contributed by atoms with Gasteiger partial charge in [-0.2, -0.15) is 0 Å². The molecule has 0 amide bonds. The van der Waals surface area contributed by atoms with Crippen molar-refractivity contribution in [3.8, 4) is 11.1 Å². The highest BCUT2D eigenvalue weighted by Crippen LogP contribution is 2.34. The van der Waals surface area contributed by atoms with Crippen molar-refractivity contribution in [1.29, 1.82) is 0 Å². The minimum atomic E-state index is -0.485. The summed E-state index contributed by atoms with van der Waals surface area (Å²) < 4.78 is 4.27. The van der Waals surface area contributed by atoms with Gasteiger partial charge in [-0.15, -0.1) is 0 Å². The SMILES string of the molecule is COC(=O)c1cc(C(=O)C(Br)Br)c2cccccc1-2. The van der Waals surface area contributed by atoms with Crippen LogP contribution in [-0.2, 0) is 4.74 Å². The second-order valence-corrected chi connectivity index (χ2v) is 6.93. The third kappa shape index (κ3) is 2.72. The summed E-state index contributed by atoms with van der Waals surface area (Å²) >= 11 is 6.38. The second kappa shape index (κ2) is 5.84. The number of carbonyl (C=O) groups excluding carboxylic acids is 2. The van der Waals surface area contributed by atoms with Crippen LogP contribution in [0.5, 0.6) is 0 Å². The maximum atomic E-state index is 12.1. The lowest BCUT2D eigenvalue weighted by molar-refractivity contribution is 0.0602. The van der Waals surface area contributed by atoms with E-state index < -0.39 is 9.71 Å². The van der Waals surface area contributed by atoms with E-state index in [1.165, 1.54) is 7.11 Å². The molecule has 0 spiro atoms. The molecule has 2 aliphatic rings. The zero-order valence-corrected chi connectivity index (χ0v) is 13.2. The Kier molecular flexibility index (Phi) is 4.37. The average Bonchev–Trinajstić information content (AvgIpc) is 2.59. The van der Waals surface area contributed by atoms with Crippen molar-refractivity contribution in [3.05, 3.63) is 47.5 Å². The van der Waals surface area contributed by atoms with Gasteiger partial charge in [0.25, 0.3) is 0 Å². The molecule has 0 radical (unpaired) electrons. The first-order valence-corrected chi connectivity index (χ1v) is 7.32. The molecule has 5 heteroatoms. The van der Waals surface area contributed by atoms with Crippen LogP contribution in [0.2, 0.25) is 0 Å². The van der Waals surface area contributed by atoms with Crippen LogP contribution in [0.25, 0.3) is 11.1 Å². The van der Waals surface area contributed by atoms with Gasteiger partial charge in [-0.3, -0.25) is 4.79 Å². The molecule has 0 aliphatic heterocycles. The molecule has 0 unspecified atom stereocenters. The van der Waals surface area contributed by atoms with Crippen LogP contribution < -0.4 is 0 Å². The molecule has 0 aromatic carbocycles. The molecule has 0 bridgehead atoms. The highest BCUT2D eigenvalue weighted by atomic mass is 79.9. The molecule has 0 fully saturated rings. The van der Waals surface area contributed by atoms with Gasteiger partial charge in [-0.1, -0.05) is 62.2 Å². The van der Waals surface area contributed by atoms with E-state index in [4.69, 9.17) is 4.74 Å². The van der Waals surface area contributed by atoms with E-state index in [2.05, 4.69) is 31.9 Å². The Morgan fingerprint density at radius 3 is 2.16 bits per heavy atom. The van der Waals surface area contributed by atoms with Gasteiger partial charge in [0.15, 0.2) is 5.78 Å². The lowest BCUT2D eigenvalue weighted by Gasteiger charge is -2.01. The van der Waals surface area contributed by atoms with E-state index in [0.29, 0.717) is 16.7 Å². The molecular weight excluding hydrogens is 376 g/mol. The van der Waals surface area contributed by atoms with Crippen molar-refractivity contribution >= 4 is 43.6 Å². The summed E-state index contributed by atoms with van der Waals surface area (Å²) in [5.41, 5.74) is 2.34. The molecular formula is C14H10Br2O3. The van der Waals surface area contributed by atoms with Gasteiger partial charge in [0.05, 0.1) is 12.7 Å². The number of hydrogen-bond acceptors (Lipinski definition) is 3. The molecule has 0 aromatic rings. The monoisotopic (exact) mass is 384 g/mol. The number of halogens is 2. The Balaban J connectivity index is 2.68. The number of ketones is 1. The van der Waals surface area contributed by atoms with Gasteiger partial charge >= 0.3 is 5.97 Å². The quantitative estimate of drug-likeness (QED) is 0.457. The number of rotatable bonds is 3. The molecule has 0 heterocycles. The van der Waals surface area contributed by atoms with Gasteiger partial charge in [0, 0.05) is 5.56 Å². The van der Waals surface area contributed by atoms with Crippen molar-refractivity contribution in [3.63, 3.8) is 0 Å². The first-order valence-electron chi connectivity index (χ1n) is 5.48.